The van der Waals surface area contributed by atoms with Gasteiger partial charge < -0.3 is 20.0 Å². The number of nitrogens with one attached hydrogen (secondary N) is 1. The van der Waals surface area contributed by atoms with E-state index in [0.717, 1.165) is 67.8 Å². The molecule has 0 saturated carbocycles. The number of rotatable bonds is 5. The lowest BCUT2D eigenvalue weighted by Crippen LogP contribution is -2.42. The number of hydrogen-bond acceptors (Lipinski definition) is 5. The second-order valence-corrected chi connectivity index (χ2v) is 11.8. The molecule has 11 heteroatoms. The molecular weight excluding hydrogens is 526 g/mol. The molecule has 9 nitrogen and oxygen atoms in total. The van der Waals surface area contributed by atoms with E-state index in [-0.39, 0.29) is 17.6 Å². The fourth-order valence-corrected chi connectivity index (χ4v) is 6.79. The van der Waals surface area contributed by atoms with Crippen LogP contribution >= 0.6 is 0 Å². The summed E-state index contributed by atoms with van der Waals surface area (Å²) in [6.07, 6.45) is 5.26. The van der Waals surface area contributed by atoms with Crippen molar-refractivity contribution in [1.82, 2.24) is 34.7 Å². The molecule has 0 radical (unpaired) electrons. The minimum atomic E-state index is -2.62. The first-order valence-corrected chi connectivity index (χ1v) is 14.8. The van der Waals surface area contributed by atoms with Crippen LogP contribution in [0.2, 0.25) is 0 Å². The molecule has 2 amide bonds. The number of urea groups is 1. The summed E-state index contributed by atoms with van der Waals surface area (Å²) in [6.45, 7) is 8.30. The predicted octanol–water partition coefficient (Wildman–Crippen LogP) is 5.05. The molecule has 1 aromatic carbocycles. The van der Waals surface area contributed by atoms with Crippen molar-refractivity contribution < 1.29 is 13.6 Å². The first kappa shape index (κ1) is 27.7. The SMILES string of the molecule is CNC(=O)N1CCc2c(c(N3CCCc4cc(-c5cnn(C)c5)c(C(F)F)cc43)nn2C2CCN(C(C)C)CC2)C1. The van der Waals surface area contributed by atoms with Crippen LogP contribution in [0.4, 0.5) is 25.1 Å². The summed E-state index contributed by atoms with van der Waals surface area (Å²) < 4.78 is 32.8. The van der Waals surface area contributed by atoms with Gasteiger partial charge in [-0.3, -0.25) is 9.36 Å². The highest BCUT2D eigenvalue weighted by Gasteiger charge is 2.35. The summed E-state index contributed by atoms with van der Waals surface area (Å²) in [5.74, 6) is 0.801. The zero-order chi connectivity index (χ0) is 28.8. The van der Waals surface area contributed by atoms with Crippen LogP contribution in [0, 0.1) is 0 Å². The van der Waals surface area contributed by atoms with Crippen LogP contribution in [-0.4, -0.2) is 74.7 Å². The van der Waals surface area contributed by atoms with Crippen LogP contribution in [0.25, 0.3) is 11.1 Å². The third-order valence-electron chi connectivity index (χ3n) is 9.02. The van der Waals surface area contributed by atoms with Crippen molar-refractivity contribution in [2.24, 2.45) is 7.05 Å². The van der Waals surface area contributed by atoms with Gasteiger partial charge in [0, 0.05) is 87.0 Å². The van der Waals surface area contributed by atoms with Crippen LogP contribution in [0.1, 0.15) is 68.0 Å². The van der Waals surface area contributed by atoms with Gasteiger partial charge in [-0.25, -0.2) is 13.6 Å². The maximum atomic E-state index is 14.5. The quantitative estimate of drug-likeness (QED) is 0.468. The van der Waals surface area contributed by atoms with E-state index in [9.17, 15) is 13.6 Å². The van der Waals surface area contributed by atoms with E-state index in [2.05, 4.69) is 38.7 Å². The third-order valence-corrected chi connectivity index (χ3v) is 9.02. The Hall–Kier alpha value is -3.47. The van der Waals surface area contributed by atoms with Crippen molar-refractivity contribution in [3.63, 3.8) is 0 Å². The Morgan fingerprint density at radius 3 is 2.54 bits per heavy atom. The number of likely N-dealkylation sites (tertiary alicyclic amines) is 1. The average Bonchev–Trinajstić information content (AvgIpc) is 3.59. The number of benzene rings is 1. The fraction of sp³-hybridized carbons (Fsp3) is 0.567. The van der Waals surface area contributed by atoms with Gasteiger partial charge in [-0.05, 0) is 62.8 Å². The number of piperidine rings is 1. The molecule has 0 atom stereocenters. The number of fused-ring (bicyclic) bond motifs is 2. The van der Waals surface area contributed by atoms with E-state index in [1.54, 1.807) is 37.2 Å². The molecule has 41 heavy (non-hydrogen) atoms. The highest BCUT2D eigenvalue weighted by Crippen LogP contribution is 2.43. The second kappa shape index (κ2) is 11.1. The lowest BCUT2D eigenvalue weighted by atomic mass is 9.92. The predicted molar refractivity (Wildman–Crippen MR) is 155 cm³/mol. The Bertz CT molecular complexity index is 1420. The van der Waals surface area contributed by atoms with Crippen molar-refractivity contribution >= 4 is 17.5 Å². The van der Waals surface area contributed by atoms with Gasteiger partial charge in [0.15, 0.2) is 5.82 Å². The zero-order valence-electron chi connectivity index (χ0n) is 24.4. The molecule has 1 saturated heterocycles. The molecule has 3 aliphatic rings. The van der Waals surface area contributed by atoms with Crippen LogP contribution in [0.3, 0.4) is 0 Å². The Balaban J connectivity index is 1.43. The molecule has 220 valence electrons. The zero-order valence-corrected chi connectivity index (χ0v) is 24.4. The van der Waals surface area contributed by atoms with Crippen molar-refractivity contribution in [2.45, 2.75) is 71.0 Å². The summed E-state index contributed by atoms with van der Waals surface area (Å²) in [6, 6.07) is 4.27. The molecule has 6 rings (SSSR count). The number of nitrogens with zero attached hydrogens (tertiary/aromatic N) is 7. The lowest BCUT2D eigenvalue weighted by Gasteiger charge is -2.35. The minimum absolute atomic E-state index is 0.00462. The van der Waals surface area contributed by atoms with Gasteiger partial charge in [-0.15, -0.1) is 0 Å². The van der Waals surface area contributed by atoms with E-state index >= 15 is 0 Å². The number of aryl methyl sites for hydroxylation is 2. The standard InChI is InChI=1S/C30H40F2N8O/c1-19(2)37-11-7-22(8-12-37)40-26-9-13-38(30(41)33-3)18-25(26)29(35-40)39-10-5-6-20-14-23(21-16-34-36(4)17-21)24(28(31)32)15-27(20)39/h14-17,19,22,28H,5-13,18H2,1-4H3,(H,33,41). The number of carbonyl (C=O) groups excluding carboxylic acids is 1. The molecule has 0 bridgehead atoms. The number of hydrogen-bond donors (Lipinski definition) is 1. The maximum absolute atomic E-state index is 14.5. The van der Waals surface area contributed by atoms with Gasteiger partial charge in [-0.2, -0.15) is 10.2 Å². The van der Waals surface area contributed by atoms with E-state index in [4.69, 9.17) is 5.10 Å². The van der Waals surface area contributed by atoms with Crippen LogP contribution in [0.15, 0.2) is 24.5 Å². The smallest absolute Gasteiger partial charge is 0.317 e. The molecule has 1 fully saturated rings. The molecule has 5 heterocycles. The molecule has 3 aromatic rings. The van der Waals surface area contributed by atoms with E-state index in [1.165, 1.54) is 5.69 Å². The van der Waals surface area contributed by atoms with E-state index in [0.29, 0.717) is 36.8 Å². The summed E-state index contributed by atoms with van der Waals surface area (Å²) in [7, 11) is 3.44. The van der Waals surface area contributed by atoms with Gasteiger partial charge in [0.1, 0.15) is 0 Å². The summed E-state index contributed by atoms with van der Waals surface area (Å²) in [5, 5.41) is 12.2. The average molecular weight is 567 g/mol. The molecular formula is C30H40F2N8O. The first-order valence-electron chi connectivity index (χ1n) is 14.8. The number of carbonyl (C=O) groups is 1. The van der Waals surface area contributed by atoms with E-state index < -0.39 is 6.43 Å². The summed E-state index contributed by atoms with van der Waals surface area (Å²) in [4.78, 5) is 19.1. The van der Waals surface area contributed by atoms with Gasteiger partial charge in [0.2, 0.25) is 0 Å². The van der Waals surface area contributed by atoms with Gasteiger partial charge in [0.05, 0.1) is 18.8 Å². The van der Waals surface area contributed by atoms with Gasteiger partial charge in [-0.1, -0.05) is 0 Å². The van der Waals surface area contributed by atoms with Gasteiger partial charge >= 0.3 is 6.03 Å². The maximum Gasteiger partial charge on any atom is 0.317 e. The topological polar surface area (TPSA) is 74.5 Å². The molecule has 0 aliphatic carbocycles. The number of alkyl halides is 2. The third kappa shape index (κ3) is 5.09. The molecule has 0 spiro atoms. The number of aromatic nitrogens is 4. The Kier molecular flexibility index (Phi) is 7.48. The summed E-state index contributed by atoms with van der Waals surface area (Å²) >= 11 is 0. The van der Waals surface area contributed by atoms with Gasteiger partial charge in [0.25, 0.3) is 6.43 Å². The van der Waals surface area contributed by atoms with Crippen molar-refractivity contribution in [3.05, 3.63) is 46.9 Å². The molecule has 3 aliphatic heterocycles. The highest BCUT2D eigenvalue weighted by atomic mass is 19.3. The summed E-state index contributed by atoms with van der Waals surface area (Å²) in [5.41, 5.74) is 5.27. The number of anilines is 2. The second-order valence-electron chi connectivity index (χ2n) is 11.8. The first-order chi connectivity index (χ1) is 19.7. The minimum Gasteiger partial charge on any atom is -0.341 e. The number of amides is 2. The lowest BCUT2D eigenvalue weighted by molar-refractivity contribution is 0.144. The molecule has 2 aromatic heterocycles. The Morgan fingerprint density at radius 1 is 1.10 bits per heavy atom. The molecule has 1 N–H and O–H groups in total. The monoisotopic (exact) mass is 566 g/mol. The van der Waals surface area contributed by atoms with Crippen molar-refractivity contribution in [3.8, 4) is 11.1 Å². The van der Waals surface area contributed by atoms with Crippen LogP contribution in [0.5, 0.6) is 0 Å². The van der Waals surface area contributed by atoms with Crippen LogP contribution < -0.4 is 10.2 Å². The highest BCUT2D eigenvalue weighted by molar-refractivity contribution is 5.78. The molecule has 0 unspecified atom stereocenters. The number of halogens is 2. The Labute approximate surface area is 240 Å². The van der Waals surface area contributed by atoms with E-state index in [1.807, 2.05) is 11.0 Å². The Morgan fingerprint density at radius 2 is 1.88 bits per heavy atom. The van der Waals surface area contributed by atoms with Crippen molar-refractivity contribution in [1.29, 1.82) is 0 Å². The van der Waals surface area contributed by atoms with Crippen molar-refractivity contribution in [2.75, 3.05) is 38.1 Å². The fourth-order valence-electron chi connectivity index (χ4n) is 6.79. The normalized spacial score (nSPS) is 18.2. The van der Waals surface area contributed by atoms with Crippen LogP contribution in [-0.2, 0) is 26.4 Å². The largest absolute Gasteiger partial charge is 0.341 e.